The molecule has 8 nitrogen and oxygen atoms in total. The van der Waals surface area contributed by atoms with Crippen molar-refractivity contribution in [3.05, 3.63) is 78.5 Å². The standard InChI is InChI=1S/C26H26N4O4/c1-33-21-11-9-19(10-12-21)28-24-22(8-5-14-27-24)25(32)29-15-13-26(17-29)18-30(23(31)16-34-26)20-6-3-2-4-7-20/h2-12,14H,13,15-18H2,1H3,(H,27,28). The summed E-state index contributed by atoms with van der Waals surface area (Å²) in [6.45, 7) is 1.39. The van der Waals surface area contributed by atoms with Crippen LogP contribution in [0, 0.1) is 0 Å². The van der Waals surface area contributed by atoms with E-state index in [0.717, 1.165) is 17.1 Å². The van der Waals surface area contributed by atoms with Crippen LogP contribution in [0.2, 0.25) is 0 Å². The zero-order valence-corrected chi connectivity index (χ0v) is 18.9. The summed E-state index contributed by atoms with van der Waals surface area (Å²) in [4.78, 5) is 34.0. The highest BCUT2D eigenvalue weighted by Crippen LogP contribution is 2.33. The lowest BCUT2D eigenvalue weighted by molar-refractivity contribution is -0.137. The van der Waals surface area contributed by atoms with Gasteiger partial charge in [-0.1, -0.05) is 18.2 Å². The van der Waals surface area contributed by atoms with E-state index in [2.05, 4.69) is 10.3 Å². The summed E-state index contributed by atoms with van der Waals surface area (Å²) >= 11 is 0. The third-order valence-electron chi connectivity index (χ3n) is 6.31. The van der Waals surface area contributed by atoms with Crippen LogP contribution < -0.4 is 15.0 Å². The Kier molecular flexibility index (Phi) is 5.90. The number of nitrogens with one attached hydrogen (secondary N) is 1. The maximum absolute atomic E-state index is 13.5. The molecule has 8 heteroatoms. The summed E-state index contributed by atoms with van der Waals surface area (Å²) in [5, 5.41) is 3.24. The number of anilines is 3. The van der Waals surface area contributed by atoms with Gasteiger partial charge < -0.3 is 24.6 Å². The number of hydrogen-bond donors (Lipinski definition) is 1. The molecule has 2 saturated heterocycles. The van der Waals surface area contributed by atoms with Crippen molar-refractivity contribution in [2.24, 2.45) is 0 Å². The van der Waals surface area contributed by atoms with E-state index in [0.29, 0.717) is 37.4 Å². The highest BCUT2D eigenvalue weighted by Gasteiger charge is 2.47. The number of hydrogen-bond acceptors (Lipinski definition) is 6. The second-order valence-electron chi connectivity index (χ2n) is 8.52. The van der Waals surface area contributed by atoms with Crippen LogP contribution in [-0.2, 0) is 9.53 Å². The minimum Gasteiger partial charge on any atom is -0.497 e. The van der Waals surface area contributed by atoms with E-state index in [1.54, 1.807) is 35.2 Å². The lowest BCUT2D eigenvalue weighted by Gasteiger charge is -2.40. The van der Waals surface area contributed by atoms with Gasteiger partial charge in [0.2, 0.25) is 0 Å². The largest absolute Gasteiger partial charge is 0.497 e. The molecule has 1 atom stereocenters. The molecule has 5 rings (SSSR count). The molecule has 1 unspecified atom stereocenters. The van der Waals surface area contributed by atoms with Gasteiger partial charge in [0, 0.05) is 24.1 Å². The molecule has 1 aromatic heterocycles. The Morgan fingerprint density at radius 3 is 2.62 bits per heavy atom. The highest BCUT2D eigenvalue weighted by molar-refractivity contribution is 6.00. The molecule has 2 aromatic carbocycles. The molecule has 3 heterocycles. The summed E-state index contributed by atoms with van der Waals surface area (Å²) in [7, 11) is 1.62. The van der Waals surface area contributed by atoms with Crippen LogP contribution in [0.5, 0.6) is 5.75 Å². The van der Waals surface area contributed by atoms with Crippen molar-refractivity contribution in [3.63, 3.8) is 0 Å². The van der Waals surface area contributed by atoms with Crippen LogP contribution in [0.15, 0.2) is 72.9 Å². The number of methoxy groups -OCH3 is 1. The fraction of sp³-hybridized carbons (Fsp3) is 0.269. The van der Waals surface area contributed by atoms with Gasteiger partial charge in [0.1, 0.15) is 23.8 Å². The molecule has 34 heavy (non-hydrogen) atoms. The predicted octanol–water partition coefficient (Wildman–Crippen LogP) is 3.48. The van der Waals surface area contributed by atoms with Gasteiger partial charge in [0.05, 0.1) is 25.8 Å². The molecule has 0 saturated carbocycles. The number of carbonyl (C=O) groups excluding carboxylic acids is 2. The predicted molar refractivity (Wildman–Crippen MR) is 129 cm³/mol. The number of nitrogens with zero attached hydrogens (tertiary/aromatic N) is 3. The first-order valence-corrected chi connectivity index (χ1v) is 11.2. The quantitative estimate of drug-likeness (QED) is 0.630. The fourth-order valence-electron chi connectivity index (χ4n) is 4.48. The van der Waals surface area contributed by atoms with E-state index < -0.39 is 5.60 Å². The first kappa shape index (κ1) is 21.9. The van der Waals surface area contributed by atoms with Crippen LogP contribution >= 0.6 is 0 Å². The van der Waals surface area contributed by atoms with E-state index in [1.807, 2.05) is 54.6 Å². The molecule has 2 amide bonds. The number of benzene rings is 2. The molecule has 2 aliphatic rings. The van der Waals surface area contributed by atoms with Crippen molar-refractivity contribution in [1.82, 2.24) is 9.88 Å². The fourth-order valence-corrected chi connectivity index (χ4v) is 4.48. The van der Waals surface area contributed by atoms with Crippen LogP contribution in [0.4, 0.5) is 17.2 Å². The topological polar surface area (TPSA) is 84.0 Å². The summed E-state index contributed by atoms with van der Waals surface area (Å²) in [6, 6.07) is 20.5. The molecular weight excluding hydrogens is 432 g/mol. The third kappa shape index (κ3) is 4.32. The average Bonchev–Trinajstić information content (AvgIpc) is 3.30. The lowest BCUT2D eigenvalue weighted by Crippen LogP contribution is -2.56. The van der Waals surface area contributed by atoms with Crippen LogP contribution in [0.1, 0.15) is 16.8 Å². The molecular formula is C26H26N4O4. The van der Waals surface area contributed by atoms with Gasteiger partial charge in [-0.3, -0.25) is 9.59 Å². The molecule has 0 radical (unpaired) electrons. The number of likely N-dealkylation sites (tertiary alicyclic amines) is 1. The number of rotatable bonds is 5. The molecule has 2 fully saturated rings. The van der Waals surface area contributed by atoms with Gasteiger partial charge in [-0.25, -0.2) is 4.98 Å². The van der Waals surface area contributed by atoms with Crippen molar-refractivity contribution in [2.75, 3.05) is 43.6 Å². The SMILES string of the molecule is COc1ccc(Nc2ncccc2C(=O)N2CCC3(C2)CN(c2ccccc2)C(=O)CO3)cc1. The van der Waals surface area contributed by atoms with Crippen molar-refractivity contribution in [2.45, 2.75) is 12.0 Å². The van der Waals surface area contributed by atoms with Crippen molar-refractivity contribution in [3.8, 4) is 5.75 Å². The van der Waals surface area contributed by atoms with Crippen LogP contribution in [0.25, 0.3) is 0 Å². The Balaban J connectivity index is 1.32. The second kappa shape index (κ2) is 9.15. The first-order valence-electron chi connectivity index (χ1n) is 11.2. The van der Waals surface area contributed by atoms with E-state index in [-0.39, 0.29) is 18.4 Å². The number of amides is 2. The minimum atomic E-state index is -0.578. The Hall–Kier alpha value is -3.91. The number of para-hydroxylation sites is 1. The monoisotopic (exact) mass is 458 g/mol. The molecule has 0 aliphatic carbocycles. The van der Waals surface area contributed by atoms with Gasteiger partial charge in [0.25, 0.3) is 11.8 Å². The summed E-state index contributed by atoms with van der Waals surface area (Å²) < 4.78 is 11.2. The summed E-state index contributed by atoms with van der Waals surface area (Å²) in [5.74, 6) is 1.05. The average molecular weight is 459 g/mol. The maximum Gasteiger partial charge on any atom is 0.257 e. The van der Waals surface area contributed by atoms with E-state index >= 15 is 0 Å². The Morgan fingerprint density at radius 1 is 1.06 bits per heavy atom. The smallest absolute Gasteiger partial charge is 0.257 e. The Labute approximate surface area is 198 Å². The summed E-state index contributed by atoms with van der Waals surface area (Å²) in [6.07, 6.45) is 2.32. The van der Waals surface area contributed by atoms with Gasteiger partial charge >= 0.3 is 0 Å². The van der Waals surface area contributed by atoms with Crippen molar-refractivity contribution < 1.29 is 19.1 Å². The zero-order chi connectivity index (χ0) is 23.5. The van der Waals surface area contributed by atoms with Crippen LogP contribution in [0.3, 0.4) is 0 Å². The van der Waals surface area contributed by atoms with Gasteiger partial charge in [0.15, 0.2) is 0 Å². The molecule has 2 aliphatic heterocycles. The molecule has 0 bridgehead atoms. The molecule has 174 valence electrons. The Bertz CT molecular complexity index is 1180. The lowest BCUT2D eigenvalue weighted by atomic mass is 10.00. The van der Waals surface area contributed by atoms with E-state index in [4.69, 9.17) is 9.47 Å². The zero-order valence-electron chi connectivity index (χ0n) is 18.9. The summed E-state index contributed by atoms with van der Waals surface area (Å²) in [5.41, 5.74) is 1.56. The third-order valence-corrected chi connectivity index (χ3v) is 6.31. The molecule has 1 N–H and O–H groups in total. The second-order valence-corrected chi connectivity index (χ2v) is 8.52. The number of aromatic nitrogens is 1. The van der Waals surface area contributed by atoms with Gasteiger partial charge in [-0.05, 0) is 55.0 Å². The van der Waals surface area contributed by atoms with Gasteiger partial charge in [-0.2, -0.15) is 0 Å². The van der Waals surface area contributed by atoms with Gasteiger partial charge in [-0.15, -0.1) is 0 Å². The normalized spacial score (nSPS) is 20.0. The maximum atomic E-state index is 13.5. The van der Waals surface area contributed by atoms with Crippen molar-refractivity contribution in [1.29, 1.82) is 0 Å². The Morgan fingerprint density at radius 2 is 1.85 bits per heavy atom. The first-order chi connectivity index (χ1) is 16.6. The van der Waals surface area contributed by atoms with Crippen LogP contribution in [-0.4, -0.2) is 60.7 Å². The van der Waals surface area contributed by atoms with E-state index in [9.17, 15) is 9.59 Å². The molecule has 3 aromatic rings. The number of carbonyl (C=O) groups is 2. The number of ether oxygens (including phenoxy) is 2. The number of pyridine rings is 1. The van der Waals surface area contributed by atoms with E-state index in [1.165, 1.54) is 0 Å². The highest BCUT2D eigenvalue weighted by atomic mass is 16.5. The number of morpholine rings is 1. The van der Waals surface area contributed by atoms with Crippen molar-refractivity contribution >= 4 is 29.0 Å². The molecule has 1 spiro atoms. The minimum absolute atomic E-state index is 0.00803.